The molecule has 2 aromatic heterocycles. The second-order valence-corrected chi connectivity index (χ2v) is 7.60. The minimum Gasteiger partial charge on any atom is -0.462 e. The number of hydrogen-bond acceptors (Lipinski definition) is 5. The van der Waals surface area contributed by atoms with Gasteiger partial charge in [-0.1, -0.05) is 0 Å². The maximum atomic E-state index is 15.2. The Morgan fingerprint density at radius 3 is 2.73 bits per heavy atom. The molecule has 1 aromatic carbocycles. The second kappa shape index (κ2) is 7.99. The van der Waals surface area contributed by atoms with Gasteiger partial charge in [-0.2, -0.15) is 0 Å². The topological polar surface area (TPSA) is 73.2 Å². The lowest BCUT2D eigenvalue weighted by Crippen LogP contribution is -2.21. The molecule has 2 heterocycles. The summed E-state index contributed by atoms with van der Waals surface area (Å²) in [5, 5.41) is 3.25. The van der Waals surface area contributed by atoms with Crippen molar-refractivity contribution >= 4 is 16.9 Å². The molecule has 3 aromatic rings. The molecule has 30 heavy (non-hydrogen) atoms. The fraction of sp³-hybridized carbons (Fsp3) is 0.348. The highest BCUT2D eigenvalue weighted by atomic mass is 19.1. The lowest BCUT2D eigenvalue weighted by atomic mass is 10.0. The van der Waals surface area contributed by atoms with Crippen molar-refractivity contribution in [3.8, 4) is 11.1 Å². The van der Waals surface area contributed by atoms with E-state index in [2.05, 4.69) is 10.3 Å². The van der Waals surface area contributed by atoms with Gasteiger partial charge in [-0.05, 0) is 63.6 Å². The number of carbonyl (C=O) groups excluding carboxylic acids is 1. The average molecular weight is 409 g/mol. The first-order chi connectivity index (χ1) is 14.4. The van der Waals surface area contributed by atoms with E-state index in [9.17, 15) is 9.59 Å². The van der Waals surface area contributed by atoms with Gasteiger partial charge in [0.1, 0.15) is 11.4 Å². The van der Waals surface area contributed by atoms with Crippen molar-refractivity contribution in [2.75, 3.05) is 13.7 Å². The molecule has 0 saturated heterocycles. The van der Waals surface area contributed by atoms with Crippen LogP contribution < -0.4 is 10.7 Å². The molecule has 156 valence electrons. The molecule has 1 aliphatic carbocycles. The van der Waals surface area contributed by atoms with Crippen molar-refractivity contribution < 1.29 is 13.9 Å². The van der Waals surface area contributed by atoms with Crippen LogP contribution in [0.2, 0.25) is 0 Å². The smallest absolute Gasteiger partial charge is 0.343 e. The molecule has 0 atom stereocenters. The van der Waals surface area contributed by atoms with Gasteiger partial charge in [-0.15, -0.1) is 0 Å². The van der Waals surface area contributed by atoms with Crippen LogP contribution in [0.1, 0.15) is 47.6 Å². The number of ether oxygens (including phenoxy) is 1. The molecule has 1 N–H and O–H groups in total. The van der Waals surface area contributed by atoms with Gasteiger partial charge < -0.3 is 14.6 Å². The first-order valence-electron chi connectivity index (χ1n) is 10.1. The molecule has 1 aliphatic rings. The zero-order chi connectivity index (χ0) is 21.4. The van der Waals surface area contributed by atoms with Gasteiger partial charge >= 0.3 is 5.97 Å². The quantitative estimate of drug-likeness (QED) is 0.628. The number of pyridine rings is 2. The molecule has 0 unspecified atom stereocenters. The second-order valence-electron chi connectivity index (χ2n) is 7.60. The van der Waals surface area contributed by atoms with E-state index in [0.29, 0.717) is 23.2 Å². The summed E-state index contributed by atoms with van der Waals surface area (Å²) in [6.45, 7) is 4.29. The summed E-state index contributed by atoms with van der Waals surface area (Å²) in [7, 11) is 1.83. The number of aryl methyl sites for hydroxylation is 1. The number of halogens is 1. The first kappa shape index (κ1) is 20.2. The molecule has 1 saturated carbocycles. The van der Waals surface area contributed by atoms with Gasteiger partial charge in [0.2, 0.25) is 5.43 Å². The summed E-state index contributed by atoms with van der Waals surface area (Å²) in [6, 6.07) is 6.81. The normalized spacial score (nSPS) is 13.6. The number of fused-ring (bicyclic) bond motifs is 1. The number of benzene rings is 1. The number of rotatable bonds is 6. The predicted molar refractivity (Wildman–Crippen MR) is 113 cm³/mol. The maximum Gasteiger partial charge on any atom is 0.343 e. The highest BCUT2D eigenvalue weighted by Gasteiger charge is 2.28. The Morgan fingerprint density at radius 1 is 1.30 bits per heavy atom. The minimum atomic E-state index is -0.676. The first-order valence-corrected chi connectivity index (χ1v) is 10.1. The Labute approximate surface area is 173 Å². The summed E-state index contributed by atoms with van der Waals surface area (Å²) >= 11 is 0. The Morgan fingerprint density at radius 2 is 2.07 bits per heavy atom. The largest absolute Gasteiger partial charge is 0.462 e. The molecule has 0 radical (unpaired) electrons. The molecule has 4 rings (SSSR count). The molecule has 1 fully saturated rings. The standard InChI is InChI=1S/C23H24FN3O3/c1-4-30-23(29)19-12-27(16-5-6-16)21-10-17(20(24)9-18(21)22(19)28)14-7-13(2)26-15(8-14)11-25-3/h7-10,12,16,25H,4-6,11H2,1-3H3. The number of hydrogen-bond donors (Lipinski definition) is 1. The summed E-state index contributed by atoms with van der Waals surface area (Å²) in [4.78, 5) is 29.7. The summed E-state index contributed by atoms with van der Waals surface area (Å²) in [5.41, 5.74) is 2.77. The van der Waals surface area contributed by atoms with Crippen LogP contribution in [0, 0.1) is 12.7 Å². The Kier molecular flexibility index (Phi) is 5.39. The van der Waals surface area contributed by atoms with Crippen molar-refractivity contribution in [3.63, 3.8) is 0 Å². The lowest BCUT2D eigenvalue weighted by Gasteiger charge is -2.15. The summed E-state index contributed by atoms with van der Waals surface area (Å²) in [6.07, 6.45) is 3.47. The molecule has 0 aliphatic heterocycles. The number of carbonyl (C=O) groups is 1. The monoisotopic (exact) mass is 409 g/mol. The number of esters is 1. The van der Waals surface area contributed by atoms with Crippen LogP contribution in [0.15, 0.2) is 35.3 Å². The van der Waals surface area contributed by atoms with Crippen LogP contribution in [-0.4, -0.2) is 29.2 Å². The fourth-order valence-electron chi connectivity index (χ4n) is 3.76. The lowest BCUT2D eigenvalue weighted by molar-refractivity contribution is 0.0524. The van der Waals surface area contributed by atoms with Crippen LogP contribution in [0.5, 0.6) is 0 Å². The fourth-order valence-corrected chi connectivity index (χ4v) is 3.76. The predicted octanol–water partition coefficient (Wildman–Crippen LogP) is 3.74. The van der Waals surface area contributed by atoms with E-state index in [1.807, 2.05) is 30.7 Å². The van der Waals surface area contributed by atoms with Gasteiger partial charge in [0.05, 0.1) is 17.8 Å². The highest BCUT2D eigenvalue weighted by Crippen LogP contribution is 2.38. The number of aromatic nitrogens is 2. The average Bonchev–Trinajstić information content (AvgIpc) is 3.53. The number of nitrogens with one attached hydrogen (secondary N) is 1. The summed E-state index contributed by atoms with van der Waals surface area (Å²) < 4.78 is 22.1. The van der Waals surface area contributed by atoms with Gasteiger partial charge in [0.25, 0.3) is 0 Å². The molecule has 0 spiro atoms. The van der Waals surface area contributed by atoms with Crippen LogP contribution in [0.4, 0.5) is 4.39 Å². The van der Waals surface area contributed by atoms with E-state index in [0.717, 1.165) is 24.2 Å². The molecule has 6 nitrogen and oxygen atoms in total. The van der Waals surface area contributed by atoms with Crippen LogP contribution >= 0.6 is 0 Å². The molecular formula is C23H24FN3O3. The zero-order valence-corrected chi connectivity index (χ0v) is 17.3. The van der Waals surface area contributed by atoms with E-state index in [1.165, 1.54) is 6.07 Å². The van der Waals surface area contributed by atoms with Crippen LogP contribution in [-0.2, 0) is 11.3 Å². The Balaban J connectivity index is 1.94. The van der Waals surface area contributed by atoms with E-state index >= 15 is 4.39 Å². The minimum absolute atomic E-state index is 0.0561. The third kappa shape index (κ3) is 3.73. The van der Waals surface area contributed by atoms with Crippen LogP contribution in [0.25, 0.3) is 22.0 Å². The van der Waals surface area contributed by atoms with E-state index in [1.54, 1.807) is 19.2 Å². The third-order valence-corrected chi connectivity index (χ3v) is 5.23. The zero-order valence-electron chi connectivity index (χ0n) is 17.3. The van der Waals surface area contributed by atoms with Crippen molar-refractivity contribution in [1.82, 2.24) is 14.9 Å². The van der Waals surface area contributed by atoms with Crippen molar-refractivity contribution in [3.05, 3.63) is 63.5 Å². The van der Waals surface area contributed by atoms with Crippen molar-refractivity contribution in [2.24, 2.45) is 0 Å². The Hall–Kier alpha value is -3.06. The SMILES string of the molecule is CCOC(=O)c1cn(C2CC2)c2cc(-c3cc(C)nc(CNC)c3)c(F)cc2c1=O. The molecule has 0 bridgehead atoms. The van der Waals surface area contributed by atoms with Gasteiger partial charge in [-0.25, -0.2) is 9.18 Å². The molecular weight excluding hydrogens is 385 g/mol. The van der Waals surface area contributed by atoms with E-state index in [4.69, 9.17) is 4.74 Å². The molecule has 0 amide bonds. The van der Waals surface area contributed by atoms with Crippen molar-refractivity contribution in [1.29, 1.82) is 0 Å². The third-order valence-electron chi connectivity index (χ3n) is 5.23. The van der Waals surface area contributed by atoms with Crippen molar-refractivity contribution in [2.45, 2.75) is 39.3 Å². The van der Waals surface area contributed by atoms with Crippen LogP contribution in [0.3, 0.4) is 0 Å². The maximum absolute atomic E-state index is 15.2. The van der Waals surface area contributed by atoms with E-state index in [-0.39, 0.29) is 23.6 Å². The Bertz CT molecular complexity index is 1200. The van der Waals surface area contributed by atoms with Gasteiger partial charge in [0.15, 0.2) is 0 Å². The van der Waals surface area contributed by atoms with E-state index < -0.39 is 17.2 Å². The summed E-state index contributed by atoms with van der Waals surface area (Å²) in [5.74, 6) is -1.19. The van der Waals surface area contributed by atoms with Gasteiger partial charge in [-0.3, -0.25) is 9.78 Å². The molecule has 7 heteroatoms. The van der Waals surface area contributed by atoms with Gasteiger partial charge in [0, 0.05) is 35.4 Å². The number of nitrogens with zero attached hydrogens (tertiary/aromatic N) is 2. The highest BCUT2D eigenvalue weighted by molar-refractivity contribution is 5.95.